The van der Waals surface area contributed by atoms with Crippen molar-refractivity contribution in [1.29, 1.82) is 0 Å². The predicted molar refractivity (Wildman–Crippen MR) is 55.6 cm³/mol. The molecule has 13 heavy (non-hydrogen) atoms. The first-order valence-electron chi connectivity index (χ1n) is 4.33. The fourth-order valence-corrected chi connectivity index (χ4v) is 1.56. The van der Waals surface area contributed by atoms with Gasteiger partial charge in [0.2, 0.25) is 0 Å². The maximum absolute atomic E-state index is 11.3. The van der Waals surface area contributed by atoms with Gasteiger partial charge in [-0.25, -0.2) is 0 Å². The molecule has 0 saturated heterocycles. The SMILES string of the molecule is CCCC(=O)Cc1cncc(Br)c1. The molecule has 0 fully saturated rings. The van der Waals surface area contributed by atoms with E-state index in [4.69, 9.17) is 0 Å². The van der Waals surface area contributed by atoms with Crippen LogP contribution in [0.25, 0.3) is 0 Å². The highest BCUT2D eigenvalue weighted by Gasteiger charge is 2.02. The van der Waals surface area contributed by atoms with Crippen molar-refractivity contribution in [2.75, 3.05) is 0 Å². The Morgan fingerprint density at radius 3 is 2.92 bits per heavy atom. The number of carbonyl (C=O) groups is 1. The summed E-state index contributed by atoms with van der Waals surface area (Å²) in [6, 6.07) is 1.93. The van der Waals surface area contributed by atoms with Gasteiger partial charge in [-0.2, -0.15) is 0 Å². The van der Waals surface area contributed by atoms with E-state index in [0.717, 1.165) is 16.5 Å². The lowest BCUT2D eigenvalue weighted by Crippen LogP contribution is -2.01. The summed E-state index contributed by atoms with van der Waals surface area (Å²) in [6.45, 7) is 2.01. The van der Waals surface area contributed by atoms with Crippen molar-refractivity contribution in [1.82, 2.24) is 4.98 Å². The summed E-state index contributed by atoms with van der Waals surface area (Å²) in [5, 5.41) is 0. The van der Waals surface area contributed by atoms with Crippen LogP contribution in [0.15, 0.2) is 22.9 Å². The zero-order chi connectivity index (χ0) is 9.68. The molecule has 0 unspecified atom stereocenters. The molecule has 0 radical (unpaired) electrons. The average Bonchev–Trinajstić information content (AvgIpc) is 2.04. The molecule has 2 nitrogen and oxygen atoms in total. The van der Waals surface area contributed by atoms with Crippen molar-refractivity contribution >= 4 is 21.7 Å². The van der Waals surface area contributed by atoms with Gasteiger partial charge in [0.25, 0.3) is 0 Å². The fourth-order valence-electron chi connectivity index (χ4n) is 1.15. The van der Waals surface area contributed by atoms with Crippen molar-refractivity contribution in [3.63, 3.8) is 0 Å². The molecule has 0 aliphatic heterocycles. The Morgan fingerprint density at radius 2 is 2.31 bits per heavy atom. The molecule has 1 heterocycles. The van der Waals surface area contributed by atoms with Crippen LogP contribution in [0.1, 0.15) is 25.3 Å². The number of pyridine rings is 1. The third-order valence-electron chi connectivity index (χ3n) is 1.69. The van der Waals surface area contributed by atoms with Crippen LogP contribution >= 0.6 is 15.9 Å². The second kappa shape index (κ2) is 5.12. The lowest BCUT2D eigenvalue weighted by Gasteiger charge is -1.99. The molecule has 70 valence electrons. The summed E-state index contributed by atoms with van der Waals surface area (Å²) in [6.07, 6.45) is 5.53. The van der Waals surface area contributed by atoms with Crippen LogP contribution in [0, 0.1) is 0 Å². The van der Waals surface area contributed by atoms with Crippen molar-refractivity contribution < 1.29 is 4.79 Å². The molecule has 0 amide bonds. The minimum Gasteiger partial charge on any atom is -0.299 e. The van der Waals surface area contributed by atoms with Gasteiger partial charge in [0.05, 0.1) is 0 Å². The van der Waals surface area contributed by atoms with E-state index >= 15 is 0 Å². The minimum atomic E-state index is 0.280. The number of ketones is 1. The molecule has 0 spiro atoms. The Morgan fingerprint density at radius 1 is 1.54 bits per heavy atom. The van der Waals surface area contributed by atoms with Gasteiger partial charge in [0.15, 0.2) is 0 Å². The summed E-state index contributed by atoms with van der Waals surface area (Å²) >= 11 is 3.32. The van der Waals surface area contributed by atoms with E-state index in [2.05, 4.69) is 20.9 Å². The molecular weight excluding hydrogens is 230 g/mol. The maximum Gasteiger partial charge on any atom is 0.137 e. The van der Waals surface area contributed by atoms with E-state index in [1.165, 1.54) is 0 Å². The Bertz CT molecular complexity index is 299. The van der Waals surface area contributed by atoms with Gasteiger partial charge in [-0.15, -0.1) is 0 Å². The largest absolute Gasteiger partial charge is 0.299 e. The first-order chi connectivity index (χ1) is 6.22. The van der Waals surface area contributed by atoms with Crippen molar-refractivity contribution in [3.8, 4) is 0 Å². The van der Waals surface area contributed by atoms with E-state index in [1.54, 1.807) is 12.4 Å². The number of hydrogen-bond donors (Lipinski definition) is 0. The van der Waals surface area contributed by atoms with Gasteiger partial charge in [-0.05, 0) is 34.0 Å². The van der Waals surface area contributed by atoms with Gasteiger partial charge in [-0.3, -0.25) is 9.78 Å². The Hall–Kier alpha value is -0.700. The van der Waals surface area contributed by atoms with E-state index in [0.29, 0.717) is 12.8 Å². The number of halogens is 1. The lowest BCUT2D eigenvalue weighted by atomic mass is 10.1. The van der Waals surface area contributed by atoms with E-state index in [1.807, 2.05) is 13.0 Å². The number of carbonyl (C=O) groups excluding carboxylic acids is 1. The summed E-state index contributed by atoms with van der Waals surface area (Å²) in [5.41, 5.74) is 0.979. The molecule has 1 aromatic heterocycles. The molecule has 3 heteroatoms. The molecule has 1 rings (SSSR count). The molecule has 0 aliphatic carbocycles. The van der Waals surface area contributed by atoms with Crippen molar-refractivity contribution in [2.24, 2.45) is 0 Å². The Balaban J connectivity index is 2.58. The Labute approximate surface area is 86.5 Å². The second-order valence-electron chi connectivity index (χ2n) is 2.98. The first kappa shape index (κ1) is 10.4. The standard InChI is InChI=1S/C10H12BrNO/c1-2-3-10(13)5-8-4-9(11)7-12-6-8/h4,6-7H,2-3,5H2,1H3. The summed E-state index contributed by atoms with van der Waals surface area (Å²) in [4.78, 5) is 15.3. The van der Waals surface area contributed by atoms with Crippen LogP contribution in [-0.2, 0) is 11.2 Å². The van der Waals surface area contributed by atoms with Crippen LogP contribution in [0.5, 0.6) is 0 Å². The summed E-state index contributed by atoms with van der Waals surface area (Å²) in [7, 11) is 0. The first-order valence-corrected chi connectivity index (χ1v) is 5.12. The minimum absolute atomic E-state index is 0.280. The molecule has 0 saturated carbocycles. The van der Waals surface area contributed by atoms with E-state index < -0.39 is 0 Å². The molecular formula is C10H12BrNO. The summed E-state index contributed by atoms with van der Waals surface area (Å²) < 4.78 is 0.925. The molecule has 1 aromatic rings. The number of rotatable bonds is 4. The van der Waals surface area contributed by atoms with Gasteiger partial charge in [0.1, 0.15) is 5.78 Å². The third-order valence-corrected chi connectivity index (χ3v) is 2.13. The van der Waals surface area contributed by atoms with Gasteiger partial charge >= 0.3 is 0 Å². The molecule has 0 N–H and O–H groups in total. The van der Waals surface area contributed by atoms with Crippen molar-refractivity contribution in [3.05, 3.63) is 28.5 Å². The van der Waals surface area contributed by atoms with Crippen LogP contribution in [0.3, 0.4) is 0 Å². The predicted octanol–water partition coefficient (Wildman–Crippen LogP) is 2.76. The Kier molecular flexibility index (Phi) is 4.09. The average molecular weight is 242 g/mol. The van der Waals surface area contributed by atoms with Crippen LogP contribution in [-0.4, -0.2) is 10.8 Å². The molecule has 0 atom stereocenters. The normalized spacial score (nSPS) is 10.0. The number of aromatic nitrogens is 1. The fraction of sp³-hybridized carbons (Fsp3) is 0.400. The molecule has 0 aliphatic rings. The van der Waals surface area contributed by atoms with E-state index in [-0.39, 0.29) is 5.78 Å². The topological polar surface area (TPSA) is 30.0 Å². The highest BCUT2D eigenvalue weighted by Crippen LogP contribution is 2.10. The number of hydrogen-bond acceptors (Lipinski definition) is 2. The van der Waals surface area contributed by atoms with Gasteiger partial charge in [0, 0.05) is 29.7 Å². The summed E-state index contributed by atoms with van der Waals surface area (Å²) in [5.74, 6) is 0.280. The van der Waals surface area contributed by atoms with Gasteiger partial charge < -0.3 is 0 Å². The highest BCUT2D eigenvalue weighted by molar-refractivity contribution is 9.10. The number of Topliss-reactive ketones (excluding diaryl/α,β-unsaturated/α-hetero) is 1. The van der Waals surface area contributed by atoms with Crippen LogP contribution < -0.4 is 0 Å². The van der Waals surface area contributed by atoms with Crippen LogP contribution in [0.4, 0.5) is 0 Å². The monoisotopic (exact) mass is 241 g/mol. The molecule has 0 bridgehead atoms. The maximum atomic E-state index is 11.3. The number of nitrogens with zero attached hydrogens (tertiary/aromatic N) is 1. The van der Waals surface area contributed by atoms with E-state index in [9.17, 15) is 4.79 Å². The second-order valence-corrected chi connectivity index (χ2v) is 3.89. The van der Waals surface area contributed by atoms with Gasteiger partial charge in [-0.1, -0.05) is 6.92 Å². The molecule has 0 aromatic carbocycles. The van der Waals surface area contributed by atoms with Crippen molar-refractivity contribution in [2.45, 2.75) is 26.2 Å². The quantitative estimate of drug-likeness (QED) is 0.812. The van der Waals surface area contributed by atoms with Crippen LogP contribution in [0.2, 0.25) is 0 Å². The highest BCUT2D eigenvalue weighted by atomic mass is 79.9. The lowest BCUT2D eigenvalue weighted by molar-refractivity contribution is -0.118. The zero-order valence-corrected chi connectivity index (χ0v) is 9.17. The zero-order valence-electron chi connectivity index (χ0n) is 7.59. The third kappa shape index (κ3) is 3.68. The smallest absolute Gasteiger partial charge is 0.137 e.